The molecule has 0 radical (unpaired) electrons. The molecular weight excluding hydrogens is 431 g/mol. The SMILES string of the molecule is CC(C)n1cc2cc(CC(=O)C3CCN(C(=O)c4ccccc4C(F)(F)F)CC3)ccc2n1. The summed E-state index contributed by atoms with van der Waals surface area (Å²) in [5.41, 5.74) is 0.522. The highest BCUT2D eigenvalue weighted by molar-refractivity contribution is 5.96. The van der Waals surface area contributed by atoms with E-state index in [1.807, 2.05) is 29.1 Å². The van der Waals surface area contributed by atoms with E-state index in [-0.39, 0.29) is 42.8 Å². The molecule has 0 N–H and O–H groups in total. The highest BCUT2D eigenvalue weighted by Gasteiger charge is 2.37. The van der Waals surface area contributed by atoms with Crippen molar-refractivity contribution in [1.29, 1.82) is 0 Å². The third-order valence-corrected chi connectivity index (χ3v) is 6.19. The first-order valence-corrected chi connectivity index (χ1v) is 11.1. The molecule has 0 aliphatic carbocycles. The van der Waals surface area contributed by atoms with Crippen LogP contribution in [0.25, 0.3) is 10.9 Å². The Bertz CT molecular complexity index is 1180. The third kappa shape index (κ3) is 4.94. The number of carbonyl (C=O) groups is 2. The van der Waals surface area contributed by atoms with Crippen LogP contribution < -0.4 is 0 Å². The number of aromatic nitrogens is 2. The molecule has 0 atom stereocenters. The van der Waals surface area contributed by atoms with Gasteiger partial charge in [0.25, 0.3) is 5.91 Å². The largest absolute Gasteiger partial charge is 0.417 e. The van der Waals surface area contributed by atoms with E-state index in [0.717, 1.165) is 22.5 Å². The first-order chi connectivity index (χ1) is 15.6. The summed E-state index contributed by atoms with van der Waals surface area (Å²) in [5.74, 6) is -0.754. The zero-order chi connectivity index (χ0) is 23.8. The normalized spacial score (nSPS) is 15.4. The molecule has 1 aromatic heterocycles. The summed E-state index contributed by atoms with van der Waals surface area (Å²) in [6, 6.07) is 10.9. The fraction of sp³-hybridized carbons (Fsp3) is 0.400. The van der Waals surface area contributed by atoms with Gasteiger partial charge in [-0.1, -0.05) is 18.2 Å². The van der Waals surface area contributed by atoms with Crippen molar-refractivity contribution in [2.24, 2.45) is 5.92 Å². The predicted molar refractivity (Wildman–Crippen MR) is 119 cm³/mol. The number of ketones is 1. The van der Waals surface area contributed by atoms with Crippen LogP contribution in [-0.2, 0) is 17.4 Å². The van der Waals surface area contributed by atoms with Gasteiger partial charge in [-0.2, -0.15) is 18.3 Å². The number of hydrogen-bond donors (Lipinski definition) is 0. The van der Waals surface area contributed by atoms with Gasteiger partial charge in [0.2, 0.25) is 0 Å². The highest BCUT2D eigenvalue weighted by Crippen LogP contribution is 2.33. The number of nitrogens with zero attached hydrogens (tertiary/aromatic N) is 3. The maximum atomic E-state index is 13.3. The van der Waals surface area contributed by atoms with Crippen LogP contribution in [0, 0.1) is 5.92 Å². The maximum Gasteiger partial charge on any atom is 0.417 e. The summed E-state index contributed by atoms with van der Waals surface area (Å²) >= 11 is 0. The second kappa shape index (κ2) is 9.00. The minimum absolute atomic E-state index is 0.0911. The van der Waals surface area contributed by atoms with Crippen molar-refractivity contribution in [3.63, 3.8) is 0 Å². The van der Waals surface area contributed by atoms with Gasteiger partial charge in [0, 0.05) is 43.1 Å². The zero-order valence-corrected chi connectivity index (χ0v) is 18.6. The first-order valence-electron chi connectivity index (χ1n) is 11.1. The molecule has 0 bridgehead atoms. The van der Waals surface area contributed by atoms with Crippen LogP contribution in [0.2, 0.25) is 0 Å². The van der Waals surface area contributed by atoms with Crippen molar-refractivity contribution in [2.75, 3.05) is 13.1 Å². The number of alkyl halides is 3. The average Bonchev–Trinajstić information content (AvgIpc) is 3.22. The van der Waals surface area contributed by atoms with Crippen LogP contribution in [0.1, 0.15) is 54.2 Å². The Morgan fingerprint density at radius 3 is 2.45 bits per heavy atom. The summed E-state index contributed by atoms with van der Waals surface area (Å²) in [5, 5.41) is 5.50. The number of piperidine rings is 1. The van der Waals surface area contributed by atoms with Crippen LogP contribution in [0.15, 0.2) is 48.7 Å². The number of likely N-dealkylation sites (tertiary alicyclic amines) is 1. The Morgan fingerprint density at radius 2 is 1.79 bits per heavy atom. The van der Waals surface area contributed by atoms with Gasteiger partial charge in [-0.3, -0.25) is 14.3 Å². The molecule has 8 heteroatoms. The monoisotopic (exact) mass is 457 g/mol. The summed E-state index contributed by atoms with van der Waals surface area (Å²) in [7, 11) is 0. The molecule has 5 nitrogen and oxygen atoms in total. The minimum atomic E-state index is -4.59. The van der Waals surface area contributed by atoms with Crippen LogP contribution in [0.4, 0.5) is 13.2 Å². The number of benzene rings is 2. The lowest BCUT2D eigenvalue weighted by Gasteiger charge is -2.32. The molecule has 3 aromatic rings. The van der Waals surface area contributed by atoms with E-state index >= 15 is 0 Å². The minimum Gasteiger partial charge on any atom is -0.339 e. The van der Waals surface area contributed by atoms with Gasteiger partial charge in [-0.25, -0.2) is 0 Å². The van der Waals surface area contributed by atoms with Crippen molar-refractivity contribution >= 4 is 22.6 Å². The topological polar surface area (TPSA) is 55.2 Å². The van der Waals surface area contributed by atoms with Crippen molar-refractivity contribution in [2.45, 2.75) is 45.3 Å². The molecule has 2 heterocycles. The van der Waals surface area contributed by atoms with Gasteiger partial charge < -0.3 is 4.90 Å². The summed E-state index contributed by atoms with van der Waals surface area (Å²) in [6.07, 6.45) is -1.43. The lowest BCUT2D eigenvalue weighted by molar-refractivity contribution is -0.138. The number of rotatable bonds is 5. The van der Waals surface area contributed by atoms with E-state index in [2.05, 4.69) is 18.9 Å². The van der Waals surface area contributed by atoms with E-state index in [0.29, 0.717) is 12.8 Å². The van der Waals surface area contributed by atoms with Crippen molar-refractivity contribution in [3.8, 4) is 0 Å². The molecule has 1 saturated heterocycles. The second-order valence-corrected chi connectivity index (χ2v) is 8.85. The van der Waals surface area contributed by atoms with E-state index < -0.39 is 17.6 Å². The quantitative estimate of drug-likeness (QED) is 0.523. The van der Waals surface area contributed by atoms with Crippen molar-refractivity contribution in [1.82, 2.24) is 14.7 Å². The van der Waals surface area contributed by atoms with Gasteiger partial charge in [-0.15, -0.1) is 0 Å². The summed E-state index contributed by atoms with van der Waals surface area (Å²) < 4.78 is 41.7. The standard InChI is InChI=1S/C25H26F3N3O2/c1-16(2)31-15-19-13-17(7-8-22(19)29-31)14-23(32)18-9-11-30(12-10-18)24(33)20-5-3-4-6-21(20)25(26,27)28/h3-8,13,15-16,18H,9-12,14H2,1-2H3. The average molecular weight is 457 g/mol. The van der Waals surface area contributed by atoms with Crippen LogP contribution >= 0.6 is 0 Å². The molecule has 33 heavy (non-hydrogen) atoms. The second-order valence-electron chi connectivity index (χ2n) is 8.85. The molecule has 1 amide bonds. The molecule has 0 saturated carbocycles. The van der Waals surface area contributed by atoms with E-state index in [1.54, 1.807) is 0 Å². The zero-order valence-electron chi connectivity index (χ0n) is 18.6. The molecule has 4 rings (SSSR count). The van der Waals surface area contributed by atoms with E-state index in [9.17, 15) is 22.8 Å². The first kappa shape index (κ1) is 23.0. The highest BCUT2D eigenvalue weighted by atomic mass is 19.4. The smallest absolute Gasteiger partial charge is 0.339 e. The molecular formula is C25H26F3N3O2. The lowest BCUT2D eigenvalue weighted by atomic mass is 9.88. The molecule has 1 aliphatic heterocycles. The number of carbonyl (C=O) groups excluding carboxylic acids is 2. The van der Waals surface area contributed by atoms with E-state index in [1.165, 1.54) is 23.1 Å². The van der Waals surface area contributed by atoms with Crippen molar-refractivity contribution < 1.29 is 22.8 Å². The Hall–Kier alpha value is -3.16. The predicted octanol–water partition coefficient (Wildman–Crippen LogP) is 5.30. The number of amides is 1. The van der Waals surface area contributed by atoms with Gasteiger partial charge in [-0.05, 0) is 56.5 Å². The third-order valence-electron chi connectivity index (χ3n) is 6.19. The summed E-state index contributed by atoms with van der Waals surface area (Å²) in [6.45, 7) is 4.63. The van der Waals surface area contributed by atoms with Gasteiger partial charge in [0.05, 0.1) is 16.6 Å². The Labute approximate surface area is 190 Å². The molecule has 1 fully saturated rings. The molecule has 0 spiro atoms. The fourth-order valence-corrected chi connectivity index (χ4v) is 4.31. The molecule has 174 valence electrons. The summed E-state index contributed by atoms with van der Waals surface area (Å²) in [4.78, 5) is 27.0. The Kier molecular flexibility index (Phi) is 6.28. The lowest BCUT2D eigenvalue weighted by Crippen LogP contribution is -2.41. The molecule has 0 unspecified atom stereocenters. The molecule has 2 aromatic carbocycles. The van der Waals surface area contributed by atoms with Crippen LogP contribution in [0.3, 0.4) is 0 Å². The number of fused-ring (bicyclic) bond motifs is 1. The Morgan fingerprint density at radius 1 is 1.09 bits per heavy atom. The fourth-order valence-electron chi connectivity index (χ4n) is 4.31. The van der Waals surface area contributed by atoms with Gasteiger partial charge >= 0.3 is 6.18 Å². The van der Waals surface area contributed by atoms with Crippen molar-refractivity contribution in [3.05, 3.63) is 65.4 Å². The number of Topliss-reactive ketones (excluding diaryl/α,β-unsaturated/α-hetero) is 1. The maximum absolute atomic E-state index is 13.3. The molecule has 1 aliphatic rings. The van der Waals surface area contributed by atoms with Gasteiger partial charge in [0.1, 0.15) is 5.78 Å². The van der Waals surface area contributed by atoms with Gasteiger partial charge in [0.15, 0.2) is 0 Å². The number of halogens is 3. The van der Waals surface area contributed by atoms with Crippen LogP contribution in [0.5, 0.6) is 0 Å². The van der Waals surface area contributed by atoms with Crippen LogP contribution in [-0.4, -0.2) is 39.5 Å². The Balaban J connectivity index is 1.39. The van der Waals surface area contributed by atoms with E-state index in [4.69, 9.17) is 0 Å². The number of hydrogen-bond acceptors (Lipinski definition) is 3.